The number of rotatable bonds is 12. The molecule has 3 aromatic carbocycles. The first-order valence-corrected chi connectivity index (χ1v) is 14.6. The lowest BCUT2D eigenvalue weighted by atomic mass is 10.2. The van der Waals surface area contributed by atoms with Crippen molar-refractivity contribution in [1.29, 1.82) is 0 Å². The van der Waals surface area contributed by atoms with Gasteiger partial charge in [-0.15, -0.1) is 0 Å². The van der Waals surface area contributed by atoms with E-state index < -0.39 is 23.6 Å². The zero-order valence-corrected chi connectivity index (χ0v) is 27.0. The number of nitrogens with zero attached hydrogens (tertiary/aromatic N) is 1. The molecule has 0 aromatic heterocycles. The third-order valence-corrected chi connectivity index (χ3v) is 6.67. The summed E-state index contributed by atoms with van der Waals surface area (Å²) >= 11 is 5.59. The van der Waals surface area contributed by atoms with Crippen LogP contribution in [-0.4, -0.2) is 43.6 Å². The lowest BCUT2D eigenvalue weighted by Crippen LogP contribution is -2.49. The summed E-state index contributed by atoms with van der Waals surface area (Å²) in [5, 5.41) is 6.64. The van der Waals surface area contributed by atoms with E-state index in [9.17, 15) is 9.59 Å². The number of amides is 2. The van der Waals surface area contributed by atoms with Crippen LogP contribution < -0.4 is 20.2 Å². The number of benzene rings is 3. The normalized spacial score (nSPS) is 12.0. The van der Waals surface area contributed by atoms with Crippen LogP contribution in [0.1, 0.15) is 37.5 Å². The van der Waals surface area contributed by atoms with Gasteiger partial charge < -0.3 is 24.3 Å². The summed E-state index contributed by atoms with van der Waals surface area (Å²) in [7, 11) is 1.56. The fourth-order valence-corrected chi connectivity index (χ4v) is 4.49. The molecule has 0 aliphatic carbocycles. The maximum absolute atomic E-state index is 12.9. The zero-order chi connectivity index (χ0) is 29.8. The number of halogens is 2. The van der Waals surface area contributed by atoms with Crippen molar-refractivity contribution in [3.05, 3.63) is 91.5 Å². The Morgan fingerprint density at radius 3 is 2.37 bits per heavy atom. The van der Waals surface area contributed by atoms with Gasteiger partial charge in [-0.05, 0) is 84.3 Å². The molecule has 2 N–H and O–H groups in total. The van der Waals surface area contributed by atoms with Crippen LogP contribution in [-0.2, 0) is 27.5 Å². The van der Waals surface area contributed by atoms with E-state index in [0.29, 0.717) is 23.7 Å². The van der Waals surface area contributed by atoms with Crippen LogP contribution in [0.15, 0.2) is 76.3 Å². The minimum Gasteiger partial charge on any atom is -0.493 e. The molecular formula is C30H33BrIN3O6. The van der Waals surface area contributed by atoms with Crippen molar-refractivity contribution in [1.82, 2.24) is 10.7 Å². The molecule has 2 amide bonds. The van der Waals surface area contributed by atoms with Crippen LogP contribution in [0.5, 0.6) is 11.5 Å². The summed E-state index contributed by atoms with van der Waals surface area (Å²) in [6.45, 7) is 5.80. The average molecular weight is 738 g/mol. The fraction of sp³-hybridized carbons (Fsp3) is 0.300. The van der Waals surface area contributed by atoms with E-state index in [1.807, 2.05) is 60.7 Å². The molecule has 0 saturated heterocycles. The Balaban J connectivity index is 1.64. The molecule has 1 atom stereocenters. The summed E-state index contributed by atoms with van der Waals surface area (Å²) in [6, 6.07) is 20.0. The second-order valence-corrected chi connectivity index (χ2v) is 12.0. The second-order valence-electron chi connectivity index (χ2n) is 9.88. The molecule has 0 fully saturated rings. The number of carbonyl (C=O) groups is 2. The Labute approximate surface area is 262 Å². The number of carbonyl (C=O) groups excluding carboxylic acids is 2. The number of hydrogen-bond acceptors (Lipinski definition) is 7. The molecule has 0 heterocycles. The molecule has 3 aromatic rings. The molecule has 0 radical (unpaired) electrons. The van der Waals surface area contributed by atoms with Gasteiger partial charge in [0.25, 0.3) is 5.91 Å². The van der Waals surface area contributed by atoms with Crippen LogP contribution in [0.25, 0.3) is 0 Å². The molecule has 0 bridgehead atoms. The van der Waals surface area contributed by atoms with Gasteiger partial charge in [0.1, 0.15) is 18.2 Å². The number of alkyl carbamates (subject to hydrolysis) is 1. The van der Waals surface area contributed by atoms with E-state index in [-0.39, 0.29) is 13.2 Å². The van der Waals surface area contributed by atoms with Gasteiger partial charge in [0.05, 0.1) is 30.1 Å². The van der Waals surface area contributed by atoms with Gasteiger partial charge in [0, 0.05) is 4.47 Å². The van der Waals surface area contributed by atoms with E-state index in [4.69, 9.17) is 18.9 Å². The Bertz CT molecular complexity index is 1330. The van der Waals surface area contributed by atoms with Crippen molar-refractivity contribution in [3.63, 3.8) is 0 Å². The van der Waals surface area contributed by atoms with E-state index >= 15 is 0 Å². The number of ether oxygens (including phenoxy) is 4. The maximum Gasteiger partial charge on any atom is 0.408 e. The molecule has 0 unspecified atom stereocenters. The first kappa shape index (κ1) is 32.4. The van der Waals surface area contributed by atoms with Crippen molar-refractivity contribution in [2.75, 3.05) is 13.7 Å². The van der Waals surface area contributed by atoms with E-state index in [2.05, 4.69) is 54.4 Å². The lowest BCUT2D eigenvalue weighted by Gasteiger charge is -2.22. The third-order valence-electron chi connectivity index (χ3n) is 5.34. The summed E-state index contributed by atoms with van der Waals surface area (Å²) in [5.41, 5.74) is 4.38. The van der Waals surface area contributed by atoms with Gasteiger partial charge in [-0.25, -0.2) is 10.2 Å². The van der Waals surface area contributed by atoms with Crippen molar-refractivity contribution < 1.29 is 28.5 Å². The molecule has 0 saturated carbocycles. The fourth-order valence-electron chi connectivity index (χ4n) is 3.44. The molecule has 0 aliphatic heterocycles. The Morgan fingerprint density at radius 2 is 1.71 bits per heavy atom. The molecule has 0 aliphatic rings. The minimum absolute atomic E-state index is 0.0778. The standard InChI is InChI=1S/C30H33BrIN3O6/c1-30(2,3)41-29(37)34-25(19-39-17-20-8-6-5-7-9-20)28(36)35-33-16-22-14-24(32)27(26(15-22)38-4)40-18-21-10-12-23(31)13-11-21/h5-16,25H,17-19H2,1-4H3,(H,34,37)(H,35,36)/b33-16-/t25-/m0/s1. The van der Waals surface area contributed by atoms with Crippen molar-refractivity contribution >= 4 is 56.7 Å². The molecule has 41 heavy (non-hydrogen) atoms. The molecule has 218 valence electrons. The summed E-state index contributed by atoms with van der Waals surface area (Å²) in [5.74, 6) is 0.575. The SMILES string of the molecule is COc1cc(/C=N\NC(=O)[C@H](COCc2ccccc2)NC(=O)OC(C)(C)C)cc(I)c1OCc1ccc(Br)cc1. The largest absolute Gasteiger partial charge is 0.493 e. The number of nitrogens with one attached hydrogen (secondary N) is 2. The monoisotopic (exact) mass is 737 g/mol. The quantitative estimate of drug-likeness (QED) is 0.130. The van der Waals surface area contributed by atoms with E-state index in [0.717, 1.165) is 19.2 Å². The second kappa shape index (κ2) is 15.7. The zero-order valence-electron chi connectivity index (χ0n) is 23.3. The average Bonchev–Trinajstić information content (AvgIpc) is 2.92. The summed E-state index contributed by atoms with van der Waals surface area (Å²) in [4.78, 5) is 25.3. The third kappa shape index (κ3) is 11.3. The first-order chi connectivity index (χ1) is 19.5. The Morgan fingerprint density at radius 1 is 1.02 bits per heavy atom. The maximum atomic E-state index is 12.9. The first-order valence-electron chi connectivity index (χ1n) is 12.7. The minimum atomic E-state index is -1.03. The molecule has 0 spiro atoms. The predicted octanol–water partition coefficient (Wildman–Crippen LogP) is 6.20. The highest BCUT2D eigenvalue weighted by Crippen LogP contribution is 2.34. The van der Waals surface area contributed by atoms with Gasteiger partial charge in [-0.3, -0.25) is 4.79 Å². The highest BCUT2D eigenvalue weighted by Gasteiger charge is 2.24. The van der Waals surface area contributed by atoms with Gasteiger partial charge in [-0.1, -0.05) is 58.4 Å². The number of hydrazone groups is 1. The lowest BCUT2D eigenvalue weighted by molar-refractivity contribution is -0.124. The highest BCUT2D eigenvalue weighted by atomic mass is 127. The topological polar surface area (TPSA) is 107 Å². The van der Waals surface area contributed by atoms with E-state index in [1.165, 1.54) is 6.21 Å². The van der Waals surface area contributed by atoms with Crippen molar-refractivity contribution in [2.24, 2.45) is 5.10 Å². The van der Waals surface area contributed by atoms with Crippen molar-refractivity contribution in [3.8, 4) is 11.5 Å². The van der Waals surface area contributed by atoms with Crippen LogP contribution in [0, 0.1) is 3.57 Å². The number of methoxy groups -OCH3 is 1. The van der Waals surface area contributed by atoms with Gasteiger partial charge in [0.15, 0.2) is 11.5 Å². The van der Waals surface area contributed by atoms with Crippen LogP contribution in [0.3, 0.4) is 0 Å². The Kier molecular flexibility index (Phi) is 12.4. The molecule has 11 heteroatoms. The van der Waals surface area contributed by atoms with Crippen LogP contribution in [0.4, 0.5) is 4.79 Å². The highest BCUT2D eigenvalue weighted by molar-refractivity contribution is 14.1. The van der Waals surface area contributed by atoms with Gasteiger partial charge >= 0.3 is 6.09 Å². The molecule has 9 nitrogen and oxygen atoms in total. The smallest absolute Gasteiger partial charge is 0.408 e. The summed E-state index contributed by atoms with van der Waals surface area (Å²) in [6.07, 6.45) is 0.749. The predicted molar refractivity (Wildman–Crippen MR) is 169 cm³/mol. The van der Waals surface area contributed by atoms with Gasteiger partial charge in [-0.2, -0.15) is 5.10 Å². The number of hydrogen-bond donors (Lipinski definition) is 2. The van der Waals surface area contributed by atoms with Crippen molar-refractivity contribution in [2.45, 2.75) is 45.6 Å². The van der Waals surface area contributed by atoms with Crippen LogP contribution in [0.2, 0.25) is 0 Å². The summed E-state index contributed by atoms with van der Waals surface area (Å²) < 4.78 is 24.4. The Hall–Kier alpha value is -3.16. The van der Waals surface area contributed by atoms with Crippen LogP contribution >= 0.6 is 38.5 Å². The molecule has 3 rings (SSSR count). The van der Waals surface area contributed by atoms with E-state index in [1.54, 1.807) is 33.9 Å². The van der Waals surface area contributed by atoms with Gasteiger partial charge in [0.2, 0.25) is 0 Å². The molecular weight excluding hydrogens is 705 g/mol.